The Morgan fingerprint density at radius 3 is 3.07 bits per heavy atom. The van der Waals surface area contributed by atoms with E-state index in [2.05, 4.69) is 22.0 Å². The minimum Gasteiger partial charge on any atom is -0.493 e. The fourth-order valence-electron chi connectivity index (χ4n) is 1.52. The van der Waals surface area contributed by atoms with Gasteiger partial charge < -0.3 is 10.5 Å². The SMILES string of the molecule is N#Cc1cc2c(cc1Br)[C@H](N)CCO2. The van der Waals surface area contributed by atoms with E-state index in [1.165, 1.54) is 0 Å². The van der Waals surface area contributed by atoms with Crippen LogP contribution in [0.4, 0.5) is 0 Å². The van der Waals surface area contributed by atoms with Crippen molar-refractivity contribution in [3.05, 3.63) is 27.7 Å². The molecule has 1 aliphatic heterocycles. The monoisotopic (exact) mass is 252 g/mol. The molecule has 1 aromatic carbocycles. The van der Waals surface area contributed by atoms with E-state index in [4.69, 9.17) is 15.7 Å². The summed E-state index contributed by atoms with van der Waals surface area (Å²) in [6.07, 6.45) is 0.825. The summed E-state index contributed by atoms with van der Waals surface area (Å²) >= 11 is 3.33. The number of nitrogens with zero attached hydrogens (tertiary/aromatic N) is 1. The molecule has 14 heavy (non-hydrogen) atoms. The van der Waals surface area contributed by atoms with Crippen LogP contribution in [0.1, 0.15) is 23.6 Å². The van der Waals surface area contributed by atoms with Crippen LogP contribution in [0, 0.1) is 11.3 Å². The molecular weight excluding hydrogens is 244 g/mol. The molecule has 0 radical (unpaired) electrons. The zero-order chi connectivity index (χ0) is 10.1. The Labute approximate surface area is 90.6 Å². The number of nitrogens with two attached hydrogens (primary N) is 1. The fourth-order valence-corrected chi connectivity index (χ4v) is 1.97. The highest BCUT2D eigenvalue weighted by Crippen LogP contribution is 2.34. The molecule has 0 amide bonds. The topological polar surface area (TPSA) is 59.0 Å². The first-order valence-electron chi connectivity index (χ1n) is 4.34. The van der Waals surface area contributed by atoms with Crippen LogP contribution in [-0.2, 0) is 0 Å². The van der Waals surface area contributed by atoms with Gasteiger partial charge in [-0.15, -0.1) is 0 Å². The molecule has 3 nitrogen and oxygen atoms in total. The highest BCUT2D eigenvalue weighted by atomic mass is 79.9. The molecule has 4 heteroatoms. The number of hydrogen-bond donors (Lipinski definition) is 1. The van der Waals surface area contributed by atoms with E-state index >= 15 is 0 Å². The number of hydrogen-bond acceptors (Lipinski definition) is 3. The first-order valence-corrected chi connectivity index (χ1v) is 5.13. The summed E-state index contributed by atoms with van der Waals surface area (Å²) in [5.74, 6) is 0.739. The summed E-state index contributed by atoms with van der Waals surface area (Å²) in [6, 6.07) is 5.72. The molecule has 1 aliphatic rings. The normalized spacial score (nSPS) is 19.4. The van der Waals surface area contributed by atoms with E-state index in [1.807, 2.05) is 6.07 Å². The molecule has 1 atom stereocenters. The number of benzene rings is 1. The highest BCUT2D eigenvalue weighted by Gasteiger charge is 2.19. The quantitative estimate of drug-likeness (QED) is 0.770. The van der Waals surface area contributed by atoms with Gasteiger partial charge in [0.1, 0.15) is 11.8 Å². The summed E-state index contributed by atoms with van der Waals surface area (Å²) in [5, 5.41) is 8.82. The average Bonchev–Trinajstić information content (AvgIpc) is 2.19. The van der Waals surface area contributed by atoms with Gasteiger partial charge in [0, 0.05) is 22.5 Å². The molecule has 1 aromatic rings. The van der Waals surface area contributed by atoms with Crippen LogP contribution in [0.5, 0.6) is 5.75 Å². The number of fused-ring (bicyclic) bond motifs is 1. The van der Waals surface area contributed by atoms with Crippen LogP contribution < -0.4 is 10.5 Å². The molecule has 0 saturated carbocycles. The molecule has 1 heterocycles. The lowest BCUT2D eigenvalue weighted by atomic mass is 10.00. The van der Waals surface area contributed by atoms with E-state index in [1.54, 1.807) is 6.07 Å². The van der Waals surface area contributed by atoms with E-state index in [-0.39, 0.29) is 6.04 Å². The highest BCUT2D eigenvalue weighted by molar-refractivity contribution is 9.10. The second-order valence-electron chi connectivity index (χ2n) is 3.23. The Morgan fingerprint density at radius 2 is 2.36 bits per heavy atom. The molecule has 0 aliphatic carbocycles. The number of ether oxygens (including phenoxy) is 1. The van der Waals surface area contributed by atoms with Crippen LogP contribution in [0.25, 0.3) is 0 Å². The maximum atomic E-state index is 8.82. The van der Waals surface area contributed by atoms with Crippen molar-refractivity contribution in [2.45, 2.75) is 12.5 Å². The van der Waals surface area contributed by atoms with Crippen molar-refractivity contribution in [1.29, 1.82) is 5.26 Å². The maximum absolute atomic E-state index is 8.82. The van der Waals surface area contributed by atoms with Gasteiger partial charge in [-0.2, -0.15) is 5.26 Å². The Kier molecular flexibility index (Phi) is 2.44. The van der Waals surface area contributed by atoms with Crippen molar-refractivity contribution in [2.75, 3.05) is 6.61 Å². The van der Waals surface area contributed by atoms with Gasteiger partial charge in [0.15, 0.2) is 0 Å². The summed E-state index contributed by atoms with van der Waals surface area (Å²) in [5.41, 5.74) is 7.48. The molecule has 0 spiro atoms. The Morgan fingerprint density at radius 1 is 1.57 bits per heavy atom. The summed E-state index contributed by atoms with van der Waals surface area (Å²) < 4.78 is 6.22. The predicted octanol–water partition coefficient (Wildman–Crippen LogP) is 2.10. The predicted molar refractivity (Wildman–Crippen MR) is 55.9 cm³/mol. The van der Waals surface area contributed by atoms with Crippen molar-refractivity contribution in [3.8, 4) is 11.8 Å². The van der Waals surface area contributed by atoms with E-state index in [9.17, 15) is 0 Å². The lowest BCUT2D eigenvalue weighted by molar-refractivity contribution is 0.269. The van der Waals surface area contributed by atoms with Crippen LogP contribution in [0.2, 0.25) is 0 Å². The minimum absolute atomic E-state index is 0.0165. The minimum atomic E-state index is 0.0165. The lowest BCUT2D eigenvalue weighted by Crippen LogP contribution is -2.20. The molecule has 2 rings (SSSR count). The maximum Gasteiger partial charge on any atom is 0.125 e. The summed E-state index contributed by atoms with van der Waals surface area (Å²) in [7, 11) is 0. The number of nitriles is 1. The number of rotatable bonds is 0. The zero-order valence-corrected chi connectivity index (χ0v) is 9.04. The number of halogens is 1. The van der Waals surface area contributed by atoms with Gasteiger partial charge in [-0.05, 0) is 28.1 Å². The smallest absolute Gasteiger partial charge is 0.125 e. The third-order valence-corrected chi connectivity index (χ3v) is 2.96. The van der Waals surface area contributed by atoms with Gasteiger partial charge >= 0.3 is 0 Å². The lowest BCUT2D eigenvalue weighted by Gasteiger charge is -2.23. The second kappa shape index (κ2) is 3.60. The molecule has 0 unspecified atom stereocenters. The van der Waals surface area contributed by atoms with Gasteiger partial charge in [-0.3, -0.25) is 0 Å². The van der Waals surface area contributed by atoms with Crippen LogP contribution in [-0.4, -0.2) is 6.61 Å². The Bertz CT molecular complexity index is 411. The standard InChI is InChI=1S/C10H9BrN2O/c11-8-4-7-9(13)1-2-14-10(7)3-6(8)5-12/h3-4,9H,1-2,13H2/t9-/m1/s1. The fraction of sp³-hybridized carbons (Fsp3) is 0.300. The summed E-state index contributed by atoms with van der Waals surface area (Å²) in [6.45, 7) is 0.626. The molecular formula is C10H9BrN2O. The van der Waals surface area contributed by atoms with Gasteiger partial charge in [0.25, 0.3) is 0 Å². The Hall–Kier alpha value is -1.05. The third-order valence-electron chi connectivity index (χ3n) is 2.31. The average molecular weight is 253 g/mol. The van der Waals surface area contributed by atoms with Crippen LogP contribution >= 0.6 is 15.9 Å². The largest absolute Gasteiger partial charge is 0.493 e. The first-order chi connectivity index (χ1) is 6.72. The van der Waals surface area contributed by atoms with Gasteiger partial charge in [0.2, 0.25) is 0 Å². The molecule has 0 aromatic heterocycles. The molecule has 2 N–H and O–H groups in total. The summed E-state index contributed by atoms with van der Waals surface area (Å²) in [4.78, 5) is 0. The first kappa shape index (κ1) is 9.50. The van der Waals surface area contributed by atoms with Gasteiger partial charge in [0.05, 0.1) is 12.2 Å². The van der Waals surface area contributed by atoms with Crippen molar-refractivity contribution < 1.29 is 4.74 Å². The van der Waals surface area contributed by atoms with Gasteiger partial charge in [-0.1, -0.05) is 0 Å². The molecule has 0 bridgehead atoms. The third kappa shape index (κ3) is 1.49. The van der Waals surface area contributed by atoms with Crippen molar-refractivity contribution in [3.63, 3.8) is 0 Å². The second-order valence-corrected chi connectivity index (χ2v) is 4.08. The van der Waals surface area contributed by atoms with E-state index in [0.717, 1.165) is 22.2 Å². The van der Waals surface area contributed by atoms with Crippen molar-refractivity contribution >= 4 is 15.9 Å². The van der Waals surface area contributed by atoms with E-state index in [0.29, 0.717) is 12.2 Å². The Balaban J connectivity index is 2.55. The van der Waals surface area contributed by atoms with E-state index < -0.39 is 0 Å². The van der Waals surface area contributed by atoms with Crippen molar-refractivity contribution in [2.24, 2.45) is 5.73 Å². The van der Waals surface area contributed by atoms with Crippen molar-refractivity contribution in [1.82, 2.24) is 0 Å². The molecule has 72 valence electrons. The molecule has 0 fully saturated rings. The zero-order valence-electron chi connectivity index (χ0n) is 7.46. The van der Waals surface area contributed by atoms with Crippen LogP contribution in [0.15, 0.2) is 16.6 Å². The van der Waals surface area contributed by atoms with Gasteiger partial charge in [-0.25, -0.2) is 0 Å². The van der Waals surface area contributed by atoms with Crippen LogP contribution in [0.3, 0.4) is 0 Å². The molecule has 0 saturated heterocycles.